The summed E-state index contributed by atoms with van der Waals surface area (Å²) in [6.07, 6.45) is -0.846. The third-order valence-electron chi connectivity index (χ3n) is 6.10. The number of halogens is 1. The van der Waals surface area contributed by atoms with E-state index in [0.717, 1.165) is 9.13 Å². The van der Waals surface area contributed by atoms with Gasteiger partial charge < -0.3 is 28.4 Å². The largest absolute Gasteiger partial charge is 0.489 e. The van der Waals surface area contributed by atoms with Crippen molar-refractivity contribution in [2.45, 2.75) is 78.7 Å². The molecule has 14 heteroatoms. The van der Waals surface area contributed by atoms with E-state index in [-0.39, 0.29) is 32.8 Å². The predicted octanol–water partition coefficient (Wildman–Crippen LogP) is 4.50. The summed E-state index contributed by atoms with van der Waals surface area (Å²) in [6, 6.07) is 13.9. The van der Waals surface area contributed by atoms with Gasteiger partial charge in [0.2, 0.25) is 11.6 Å². The van der Waals surface area contributed by atoms with E-state index in [1.165, 1.54) is 0 Å². The average molecular weight is 787 g/mol. The zero-order valence-corrected chi connectivity index (χ0v) is 31.0. The molecule has 0 aliphatic carbocycles. The van der Waals surface area contributed by atoms with Gasteiger partial charge in [-0.05, 0) is 107 Å². The van der Waals surface area contributed by atoms with E-state index in [4.69, 9.17) is 28.4 Å². The molecule has 48 heavy (non-hydrogen) atoms. The molecule has 13 nitrogen and oxygen atoms in total. The zero-order chi connectivity index (χ0) is 36.3. The molecule has 2 N–H and O–H groups in total. The quantitative estimate of drug-likeness (QED) is 0.113. The summed E-state index contributed by atoms with van der Waals surface area (Å²) in [5.41, 5.74) is -0.657. The summed E-state index contributed by atoms with van der Waals surface area (Å²) >= 11 is 2.19. The van der Waals surface area contributed by atoms with Crippen LogP contribution in [0.2, 0.25) is 0 Å². The third kappa shape index (κ3) is 14.1. The molecule has 0 aromatic heterocycles. The molecular weight excluding hydrogens is 739 g/mol. The molecule has 0 atom stereocenters. The minimum Gasteiger partial charge on any atom is -0.489 e. The summed E-state index contributed by atoms with van der Waals surface area (Å²) < 4.78 is 31.7. The van der Waals surface area contributed by atoms with E-state index in [1.54, 1.807) is 55.5 Å². The van der Waals surface area contributed by atoms with E-state index < -0.39 is 47.2 Å². The van der Waals surface area contributed by atoms with E-state index in [9.17, 15) is 24.0 Å². The first-order valence-corrected chi connectivity index (χ1v) is 16.6. The fraction of sp³-hybridized carbons (Fsp3) is 0.500. The van der Waals surface area contributed by atoms with Crippen LogP contribution in [0.5, 0.6) is 5.75 Å². The van der Waals surface area contributed by atoms with Crippen molar-refractivity contribution in [1.82, 2.24) is 10.6 Å². The number of carbonyl (C=O) groups excluding carboxylic acids is 5. The third-order valence-corrected chi connectivity index (χ3v) is 6.77. The lowest BCUT2D eigenvalue weighted by molar-refractivity contribution is -0.166. The Morgan fingerprint density at radius 2 is 1.29 bits per heavy atom. The minimum atomic E-state index is -1.65. The lowest BCUT2D eigenvalue weighted by atomic mass is 9.90. The van der Waals surface area contributed by atoms with Crippen LogP contribution in [-0.4, -0.2) is 80.6 Å². The van der Waals surface area contributed by atoms with Crippen molar-refractivity contribution in [3.63, 3.8) is 0 Å². The molecule has 0 spiro atoms. The number of hydrogen-bond acceptors (Lipinski definition) is 12. The van der Waals surface area contributed by atoms with Crippen LogP contribution in [-0.2, 0) is 55.9 Å². The number of amides is 1. The van der Waals surface area contributed by atoms with E-state index in [2.05, 4.69) is 33.2 Å². The molecule has 0 aliphatic rings. The van der Waals surface area contributed by atoms with E-state index in [1.807, 2.05) is 48.5 Å². The second-order valence-electron chi connectivity index (χ2n) is 10.9. The number of likely N-dealkylation sites (N-methyl/N-ethyl adjacent to an activating group) is 1. The van der Waals surface area contributed by atoms with Crippen LogP contribution in [0, 0.1) is 3.57 Å². The second-order valence-corrected chi connectivity index (χ2v) is 12.1. The highest BCUT2D eigenvalue weighted by molar-refractivity contribution is 14.1. The molecule has 0 radical (unpaired) electrons. The SMILES string of the molecule is CCOC(=O)C(Cc1cc(I)ccc1OCc1ccccc1)(NC)C(=O)OCC.CCOC(=O)C(NC(=O)OC(C)(C)C)C(=O)OCC. The fourth-order valence-electron chi connectivity index (χ4n) is 3.97. The van der Waals surface area contributed by atoms with Crippen LogP contribution in [0.15, 0.2) is 48.5 Å². The molecule has 0 saturated heterocycles. The maximum Gasteiger partial charge on any atom is 0.408 e. The molecule has 0 unspecified atom stereocenters. The highest BCUT2D eigenvalue weighted by atomic mass is 127. The lowest BCUT2D eigenvalue weighted by Crippen LogP contribution is -2.60. The summed E-state index contributed by atoms with van der Waals surface area (Å²) in [7, 11) is 1.55. The standard InChI is InChI=1S/C22H26INO5.C12H21NO6/c1-4-27-20(25)22(24-3,21(26)28-5-2)14-17-13-18(23)11-12-19(17)29-15-16-9-7-6-8-10-16;1-6-17-9(14)8(10(15)18-7-2)13-11(16)19-12(3,4)5/h6-13,24H,4-5,14-15H2,1-3H3;8H,6-7H2,1-5H3,(H,13,16). The van der Waals surface area contributed by atoms with Gasteiger partial charge in [-0.2, -0.15) is 0 Å². The number of ether oxygens (including phenoxy) is 6. The van der Waals surface area contributed by atoms with Crippen molar-refractivity contribution in [2.24, 2.45) is 0 Å². The summed E-state index contributed by atoms with van der Waals surface area (Å²) in [5.74, 6) is -2.51. The van der Waals surface area contributed by atoms with Gasteiger partial charge in [0.15, 0.2) is 0 Å². The first kappa shape index (κ1) is 42.1. The van der Waals surface area contributed by atoms with Crippen LogP contribution in [0.3, 0.4) is 0 Å². The van der Waals surface area contributed by atoms with Gasteiger partial charge in [-0.1, -0.05) is 30.3 Å². The van der Waals surface area contributed by atoms with Crippen LogP contribution in [0.1, 0.15) is 59.6 Å². The molecule has 0 saturated carbocycles. The highest BCUT2D eigenvalue weighted by Gasteiger charge is 2.48. The maximum absolute atomic E-state index is 12.8. The Hall–Kier alpha value is -3.92. The molecule has 0 fully saturated rings. The topological polar surface area (TPSA) is 165 Å². The van der Waals surface area contributed by atoms with Gasteiger partial charge in [0, 0.05) is 9.99 Å². The Morgan fingerprint density at radius 3 is 1.75 bits per heavy atom. The first-order chi connectivity index (χ1) is 22.7. The van der Waals surface area contributed by atoms with Crippen LogP contribution >= 0.6 is 22.6 Å². The Bertz CT molecular complexity index is 1310. The van der Waals surface area contributed by atoms with Gasteiger partial charge in [0.1, 0.15) is 18.0 Å². The van der Waals surface area contributed by atoms with Gasteiger partial charge in [0.25, 0.3) is 0 Å². The van der Waals surface area contributed by atoms with Crippen molar-refractivity contribution < 1.29 is 52.4 Å². The molecule has 0 aliphatic heterocycles. The van der Waals surface area contributed by atoms with Crippen LogP contribution < -0.4 is 15.4 Å². The van der Waals surface area contributed by atoms with Crippen LogP contribution in [0.4, 0.5) is 4.79 Å². The summed E-state index contributed by atoms with van der Waals surface area (Å²) in [5, 5.41) is 4.98. The average Bonchev–Trinajstić information content (AvgIpc) is 3.02. The Morgan fingerprint density at radius 1 is 0.771 bits per heavy atom. The number of alkyl carbamates (subject to hydrolysis) is 1. The van der Waals surface area contributed by atoms with Gasteiger partial charge in [-0.25, -0.2) is 24.0 Å². The predicted molar refractivity (Wildman–Crippen MR) is 185 cm³/mol. The lowest BCUT2D eigenvalue weighted by Gasteiger charge is -2.29. The highest BCUT2D eigenvalue weighted by Crippen LogP contribution is 2.28. The van der Waals surface area contributed by atoms with E-state index in [0.29, 0.717) is 17.9 Å². The number of hydrogen-bond donors (Lipinski definition) is 2. The van der Waals surface area contributed by atoms with Crippen LogP contribution in [0.25, 0.3) is 0 Å². The van der Waals surface area contributed by atoms with Gasteiger partial charge in [-0.3, -0.25) is 10.6 Å². The van der Waals surface area contributed by atoms with Crippen molar-refractivity contribution in [2.75, 3.05) is 33.5 Å². The Kier molecular flexibility index (Phi) is 18.5. The summed E-state index contributed by atoms with van der Waals surface area (Å²) in [4.78, 5) is 60.2. The number of nitrogens with one attached hydrogen (secondary N) is 2. The molecule has 1 amide bonds. The Balaban J connectivity index is 0.000000528. The van der Waals surface area contributed by atoms with Crippen molar-refractivity contribution >= 4 is 52.6 Å². The van der Waals surface area contributed by atoms with Gasteiger partial charge in [-0.15, -0.1) is 0 Å². The van der Waals surface area contributed by atoms with Gasteiger partial charge in [0.05, 0.1) is 26.4 Å². The summed E-state index contributed by atoms with van der Waals surface area (Å²) in [6.45, 7) is 12.4. The number of benzene rings is 2. The smallest absolute Gasteiger partial charge is 0.408 e. The first-order valence-electron chi connectivity index (χ1n) is 15.5. The molecule has 2 aromatic carbocycles. The van der Waals surface area contributed by atoms with Crippen molar-refractivity contribution in [1.29, 1.82) is 0 Å². The molecule has 2 rings (SSSR count). The Labute approximate surface area is 295 Å². The number of esters is 4. The fourth-order valence-corrected chi connectivity index (χ4v) is 4.52. The van der Waals surface area contributed by atoms with Gasteiger partial charge >= 0.3 is 30.0 Å². The monoisotopic (exact) mass is 786 g/mol. The normalized spacial score (nSPS) is 11.0. The number of rotatable bonds is 15. The molecule has 0 bridgehead atoms. The molecule has 2 aromatic rings. The molecule has 0 heterocycles. The number of carbonyl (C=O) groups is 5. The molecular formula is C34H47IN2O11. The second kappa shape index (κ2) is 21.1. The van der Waals surface area contributed by atoms with Crippen molar-refractivity contribution in [3.05, 3.63) is 63.2 Å². The van der Waals surface area contributed by atoms with E-state index >= 15 is 0 Å². The molecule has 266 valence electrons. The van der Waals surface area contributed by atoms with Crippen molar-refractivity contribution in [3.8, 4) is 5.75 Å². The zero-order valence-electron chi connectivity index (χ0n) is 28.8. The maximum atomic E-state index is 12.8. The minimum absolute atomic E-state index is 0.0438.